The van der Waals surface area contributed by atoms with Gasteiger partial charge in [-0.25, -0.2) is 0 Å². The summed E-state index contributed by atoms with van der Waals surface area (Å²) in [7, 11) is 0. The molecule has 4 rings (SSSR count). The van der Waals surface area contributed by atoms with Gasteiger partial charge in [0.2, 0.25) is 0 Å². The maximum atomic E-state index is 12.1. The van der Waals surface area contributed by atoms with Gasteiger partial charge in [-0.2, -0.15) is 0 Å². The van der Waals surface area contributed by atoms with E-state index in [1.165, 1.54) is 11.3 Å². The number of likely N-dealkylation sites (tertiary alicyclic amines) is 1. The highest BCUT2D eigenvalue weighted by molar-refractivity contribution is 7.12. The summed E-state index contributed by atoms with van der Waals surface area (Å²) in [5.74, 6) is 2.24. The van der Waals surface area contributed by atoms with E-state index in [-0.39, 0.29) is 5.91 Å². The van der Waals surface area contributed by atoms with Crippen molar-refractivity contribution < 1.29 is 9.21 Å². The third-order valence-electron chi connectivity index (χ3n) is 5.08. The van der Waals surface area contributed by atoms with E-state index in [0.29, 0.717) is 10.9 Å². The zero-order valence-electron chi connectivity index (χ0n) is 15.6. The van der Waals surface area contributed by atoms with Crippen molar-refractivity contribution in [2.75, 3.05) is 19.6 Å². The van der Waals surface area contributed by atoms with Crippen molar-refractivity contribution >= 4 is 28.8 Å². The zero-order chi connectivity index (χ0) is 19.3. The summed E-state index contributed by atoms with van der Waals surface area (Å²) in [6.45, 7) is 3.51. The number of nitrogens with one attached hydrogen (secondary N) is 1. The second-order valence-corrected chi connectivity index (χ2v) is 8.53. The van der Waals surface area contributed by atoms with Crippen molar-refractivity contribution in [1.82, 2.24) is 10.2 Å². The molecule has 0 spiro atoms. The highest BCUT2D eigenvalue weighted by Crippen LogP contribution is 2.29. The Morgan fingerprint density at radius 2 is 2.11 bits per heavy atom. The standard InChI is InChI=1S/C22H23ClN2O2S/c23-19-7-2-1-6-18(19)20-10-9-17(27-20)15-25-11-3-5-16(14-25)13-24-22(26)21-8-4-12-28-21/h1-2,4,6-10,12,16H,3,5,11,13-15H2,(H,24,26). The predicted molar refractivity (Wildman–Crippen MR) is 114 cm³/mol. The first-order chi connectivity index (χ1) is 13.7. The van der Waals surface area contributed by atoms with Crippen LogP contribution in [-0.4, -0.2) is 30.4 Å². The Kier molecular flexibility index (Phi) is 6.15. The molecule has 0 radical (unpaired) electrons. The molecule has 1 unspecified atom stereocenters. The number of hydrogen-bond acceptors (Lipinski definition) is 4. The van der Waals surface area contributed by atoms with Crippen molar-refractivity contribution in [1.29, 1.82) is 0 Å². The third-order valence-corrected chi connectivity index (χ3v) is 6.28. The van der Waals surface area contributed by atoms with Crippen LogP contribution in [0.25, 0.3) is 11.3 Å². The van der Waals surface area contributed by atoms with Crippen LogP contribution in [0.4, 0.5) is 0 Å². The Hall–Kier alpha value is -2.08. The molecule has 0 aliphatic carbocycles. The molecule has 1 fully saturated rings. The molecule has 1 aliphatic rings. The number of amides is 1. The molecule has 4 nitrogen and oxygen atoms in total. The number of benzene rings is 1. The number of piperidine rings is 1. The van der Waals surface area contributed by atoms with E-state index in [2.05, 4.69) is 10.2 Å². The minimum atomic E-state index is 0.0301. The number of rotatable bonds is 6. The number of nitrogens with zero attached hydrogens (tertiary/aromatic N) is 1. The fraction of sp³-hybridized carbons (Fsp3) is 0.318. The van der Waals surface area contributed by atoms with Gasteiger partial charge in [0.1, 0.15) is 11.5 Å². The molecule has 1 atom stereocenters. The number of furan rings is 1. The molecule has 3 heterocycles. The van der Waals surface area contributed by atoms with Gasteiger partial charge in [0.05, 0.1) is 16.4 Å². The van der Waals surface area contributed by atoms with Crippen LogP contribution in [0.15, 0.2) is 58.3 Å². The molecule has 1 aromatic carbocycles. The minimum absolute atomic E-state index is 0.0301. The van der Waals surface area contributed by atoms with Gasteiger partial charge < -0.3 is 9.73 Å². The highest BCUT2D eigenvalue weighted by Gasteiger charge is 2.22. The zero-order valence-corrected chi connectivity index (χ0v) is 17.1. The minimum Gasteiger partial charge on any atom is -0.460 e. The smallest absolute Gasteiger partial charge is 0.261 e. The van der Waals surface area contributed by atoms with E-state index >= 15 is 0 Å². The second-order valence-electron chi connectivity index (χ2n) is 7.18. The maximum absolute atomic E-state index is 12.1. The Bertz CT molecular complexity index is 922. The van der Waals surface area contributed by atoms with Gasteiger partial charge in [0.15, 0.2) is 0 Å². The number of halogens is 1. The van der Waals surface area contributed by atoms with Gasteiger partial charge in [-0.05, 0) is 61.0 Å². The molecular weight excluding hydrogens is 392 g/mol. The Balaban J connectivity index is 1.32. The molecule has 2 aromatic heterocycles. The lowest BCUT2D eigenvalue weighted by molar-refractivity contribution is 0.0932. The van der Waals surface area contributed by atoms with Gasteiger partial charge in [-0.3, -0.25) is 9.69 Å². The van der Waals surface area contributed by atoms with Gasteiger partial charge in [0.25, 0.3) is 5.91 Å². The maximum Gasteiger partial charge on any atom is 0.261 e. The van der Waals surface area contributed by atoms with Crippen molar-refractivity contribution in [2.24, 2.45) is 5.92 Å². The summed E-state index contributed by atoms with van der Waals surface area (Å²) in [6, 6.07) is 15.5. The SMILES string of the molecule is O=C(NCC1CCCN(Cc2ccc(-c3ccccc3Cl)o2)C1)c1cccs1. The summed E-state index contributed by atoms with van der Waals surface area (Å²) < 4.78 is 6.04. The normalized spacial score (nSPS) is 17.5. The monoisotopic (exact) mass is 414 g/mol. The number of carbonyl (C=O) groups excluding carboxylic acids is 1. The molecular formula is C22H23ClN2O2S. The van der Waals surface area contributed by atoms with Crippen LogP contribution in [0.5, 0.6) is 0 Å². The van der Waals surface area contributed by atoms with Gasteiger partial charge >= 0.3 is 0 Å². The Morgan fingerprint density at radius 1 is 1.21 bits per heavy atom. The van der Waals surface area contributed by atoms with Crippen LogP contribution >= 0.6 is 22.9 Å². The molecule has 0 saturated carbocycles. The summed E-state index contributed by atoms with van der Waals surface area (Å²) >= 11 is 7.75. The summed E-state index contributed by atoms with van der Waals surface area (Å²) in [6.07, 6.45) is 2.28. The van der Waals surface area contributed by atoms with Crippen molar-refractivity contribution in [3.8, 4) is 11.3 Å². The average molecular weight is 415 g/mol. The molecule has 3 aromatic rings. The molecule has 1 aliphatic heterocycles. The Morgan fingerprint density at radius 3 is 2.93 bits per heavy atom. The largest absolute Gasteiger partial charge is 0.460 e. The van der Waals surface area contributed by atoms with Gasteiger partial charge in [-0.1, -0.05) is 29.8 Å². The third kappa shape index (κ3) is 4.66. The number of carbonyl (C=O) groups is 1. The van der Waals surface area contributed by atoms with Crippen LogP contribution in [0.3, 0.4) is 0 Å². The second kappa shape index (κ2) is 8.95. The van der Waals surface area contributed by atoms with E-state index in [1.807, 2.05) is 53.9 Å². The van der Waals surface area contributed by atoms with Crippen LogP contribution in [0, 0.1) is 5.92 Å². The van der Waals surface area contributed by atoms with Gasteiger partial charge in [0, 0.05) is 18.7 Å². The molecule has 0 bridgehead atoms. The molecule has 1 N–H and O–H groups in total. The Labute approximate surface area is 174 Å². The predicted octanol–water partition coefficient (Wildman–Crippen LogP) is 5.30. The van der Waals surface area contributed by atoms with Gasteiger partial charge in [-0.15, -0.1) is 11.3 Å². The van der Waals surface area contributed by atoms with Crippen molar-refractivity contribution in [3.63, 3.8) is 0 Å². The lowest BCUT2D eigenvalue weighted by atomic mass is 9.98. The summed E-state index contributed by atoms with van der Waals surface area (Å²) in [5, 5.41) is 5.70. The quantitative estimate of drug-likeness (QED) is 0.595. The molecule has 146 valence electrons. The number of thiophene rings is 1. The van der Waals surface area contributed by atoms with E-state index < -0.39 is 0 Å². The molecule has 6 heteroatoms. The van der Waals surface area contributed by atoms with E-state index in [9.17, 15) is 4.79 Å². The van der Waals surface area contributed by atoms with E-state index in [0.717, 1.165) is 61.0 Å². The van der Waals surface area contributed by atoms with Crippen LogP contribution in [0.1, 0.15) is 28.3 Å². The summed E-state index contributed by atoms with van der Waals surface area (Å²) in [5.41, 5.74) is 0.920. The molecule has 1 saturated heterocycles. The topological polar surface area (TPSA) is 45.5 Å². The average Bonchev–Trinajstić information content (AvgIpc) is 3.39. The van der Waals surface area contributed by atoms with Crippen molar-refractivity contribution in [2.45, 2.75) is 19.4 Å². The fourth-order valence-corrected chi connectivity index (χ4v) is 4.55. The molecule has 1 amide bonds. The first-order valence-electron chi connectivity index (χ1n) is 9.57. The first kappa shape index (κ1) is 19.2. The highest BCUT2D eigenvalue weighted by atomic mass is 35.5. The number of hydrogen-bond donors (Lipinski definition) is 1. The fourth-order valence-electron chi connectivity index (χ4n) is 3.68. The van der Waals surface area contributed by atoms with Crippen molar-refractivity contribution in [3.05, 3.63) is 69.6 Å². The van der Waals surface area contributed by atoms with E-state index in [1.54, 1.807) is 0 Å². The van der Waals surface area contributed by atoms with E-state index in [4.69, 9.17) is 16.0 Å². The summed E-state index contributed by atoms with van der Waals surface area (Å²) in [4.78, 5) is 15.3. The van der Waals surface area contributed by atoms with Crippen LogP contribution in [-0.2, 0) is 6.54 Å². The lowest BCUT2D eigenvalue weighted by Gasteiger charge is -2.32. The molecule has 28 heavy (non-hydrogen) atoms. The lowest BCUT2D eigenvalue weighted by Crippen LogP contribution is -2.40. The first-order valence-corrected chi connectivity index (χ1v) is 10.8. The van der Waals surface area contributed by atoms with Crippen LogP contribution < -0.4 is 5.32 Å². The van der Waals surface area contributed by atoms with Crippen LogP contribution in [0.2, 0.25) is 5.02 Å².